The average Bonchev–Trinajstić information content (AvgIpc) is 3.06. The third kappa shape index (κ3) is 4.85. The van der Waals surface area contributed by atoms with E-state index in [4.69, 9.17) is 0 Å². The van der Waals surface area contributed by atoms with Crippen LogP contribution >= 0.6 is 0 Å². The Morgan fingerprint density at radius 2 is 1.85 bits per heavy atom. The van der Waals surface area contributed by atoms with Crippen LogP contribution in [0.5, 0.6) is 0 Å². The highest BCUT2D eigenvalue weighted by molar-refractivity contribution is 5.90. The summed E-state index contributed by atoms with van der Waals surface area (Å²) in [6, 6.07) is 15.9. The van der Waals surface area contributed by atoms with Crippen molar-refractivity contribution in [3.8, 4) is 0 Å². The minimum absolute atomic E-state index is 0.136. The van der Waals surface area contributed by atoms with Crippen LogP contribution in [0.1, 0.15) is 37.6 Å². The van der Waals surface area contributed by atoms with Crippen molar-refractivity contribution < 1.29 is 4.79 Å². The molecule has 0 aliphatic carbocycles. The molecule has 2 amide bonds. The van der Waals surface area contributed by atoms with Crippen LogP contribution in [-0.2, 0) is 12.8 Å². The number of aromatic amines is 1. The van der Waals surface area contributed by atoms with Crippen LogP contribution in [0.2, 0.25) is 0 Å². The molecule has 1 heterocycles. The summed E-state index contributed by atoms with van der Waals surface area (Å²) < 4.78 is 0. The molecule has 3 aromatic rings. The first-order valence-corrected chi connectivity index (χ1v) is 9.32. The summed E-state index contributed by atoms with van der Waals surface area (Å²) in [5.74, 6) is 1.01. The maximum Gasteiger partial charge on any atom is 0.319 e. The Morgan fingerprint density at radius 3 is 2.69 bits per heavy atom. The fourth-order valence-corrected chi connectivity index (χ4v) is 2.98. The molecule has 0 aliphatic rings. The fourth-order valence-electron chi connectivity index (χ4n) is 2.98. The Labute approximate surface area is 154 Å². The molecule has 3 N–H and O–H groups in total. The average molecular weight is 350 g/mol. The zero-order valence-corrected chi connectivity index (χ0v) is 15.2. The van der Waals surface area contributed by atoms with Gasteiger partial charge < -0.3 is 15.6 Å². The van der Waals surface area contributed by atoms with Gasteiger partial charge in [0.25, 0.3) is 0 Å². The predicted octanol–water partition coefficient (Wildman–Crippen LogP) is 4.66. The van der Waals surface area contributed by atoms with E-state index in [0.717, 1.165) is 60.2 Å². The van der Waals surface area contributed by atoms with E-state index < -0.39 is 0 Å². The predicted molar refractivity (Wildman–Crippen MR) is 106 cm³/mol. The fraction of sp³-hybridized carbons (Fsp3) is 0.333. The van der Waals surface area contributed by atoms with Gasteiger partial charge in [-0.05, 0) is 43.0 Å². The lowest BCUT2D eigenvalue weighted by molar-refractivity contribution is 0.252. The van der Waals surface area contributed by atoms with Crippen LogP contribution in [0.15, 0.2) is 48.5 Å². The van der Waals surface area contributed by atoms with Gasteiger partial charge in [-0.15, -0.1) is 0 Å². The summed E-state index contributed by atoms with van der Waals surface area (Å²) in [7, 11) is 0. The number of H-pyrrole nitrogens is 1. The maximum absolute atomic E-state index is 12.0. The molecule has 0 saturated carbocycles. The minimum atomic E-state index is -0.136. The van der Waals surface area contributed by atoms with E-state index >= 15 is 0 Å². The van der Waals surface area contributed by atoms with Crippen LogP contribution < -0.4 is 10.6 Å². The van der Waals surface area contributed by atoms with E-state index in [1.54, 1.807) is 0 Å². The third-order valence-electron chi connectivity index (χ3n) is 4.38. The molecule has 0 bridgehead atoms. The van der Waals surface area contributed by atoms with Crippen molar-refractivity contribution in [1.82, 2.24) is 15.3 Å². The number of benzene rings is 2. The summed E-state index contributed by atoms with van der Waals surface area (Å²) in [6.07, 6.45) is 4.80. The molecular formula is C21H26N4O. The van der Waals surface area contributed by atoms with E-state index in [1.807, 2.05) is 42.5 Å². The van der Waals surface area contributed by atoms with Gasteiger partial charge in [0, 0.05) is 18.7 Å². The van der Waals surface area contributed by atoms with E-state index in [2.05, 4.69) is 33.6 Å². The zero-order chi connectivity index (χ0) is 18.2. The Balaban J connectivity index is 1.55. The standard InChI is InChI=1S/C21H26N4O/c1-2-3-15-22-21(26)25-17-11-5-4-9-16(17)10-8-14-20-23-18-12-6-7-13-19(18)24-20/h4-7,9,11-13H,2-3,8,10,14-15H2,1H3,(H,23,24)(H2,22,25,26). The lowest BCUT2D eigenvalue weighted by Gasteiger charge is -2.11. The number of aromatic nitrogens is 2. The number of urea groups is 1. The monoisotopic (exact) mass is 350 g/mol. The van der Waals surface area contributed by atoms with Crippen LogP contribution in [0, 0.1) is 0 Å². The normalized spacial score (nSPS) is 10.8. The van der Waals surface area contributed by atoms with Crippen molar-refractivity contribution in [2.24, 2.45) is 0 Å². The number of hydrogen-bond donors (Lipinski definition) is 3. The minimum Gasteiger partial charge on any atom is -0.342 e. The SMILES string of the molecule is CCCCNC(=O)Nc1ccccc1CCCc1nc2ccccc2[nH]1. The summed E-state index contributed by atoms with van der Waals surface area (Å²) in [5, 5.41) is 5.86. The van der Waals surface area contributed by atoms with Crippen molar-refractivity contribution in [3.05, 3.63) is 59.9 Å². The molecule has 0 unspecified atom stereocenters. The molecule has 5 nitrogen and oxygen atoms in total. The number of unbranched alkanes of at least 4 members (excludes halogenated alkanes) is 1. The highest BCUT2D eigenvalue weighted by Crippen LogP contribution is 2.18. The number of aryl methyl sites for hydroxylation is 2. The first-order chi connectivity index (χ1) is 12.8. The van der Waals surface area contributed by atoms with Crippen LogP contribution in [-0.4, -0.2) is 22.5 Å². The Hall–Kier alpha value is -2.82. The van der Waals surface area contributed by atoms with E-state index in [1.165, 1.54) is 0 Å². The van der Waals surface area contributed by atoms with Crippen molar-refractivity contribution >= 4 is 22.8 Å². The molecule has 3 rings (SSSR count). The Kier molecular flexibility index (Phi) is 6.25. The molecule has 0 saturated heterocycles. The van der Waals surface area contributed by atoms with Crippen LogP contribution in [0.4, 0.5) is 10.5 Å². The number of para-hydroxylation sites is 3. The van der Waals surface area contributed by atoms with Gasteiger partial charge in [-0.2, -0.15) is 0 Å². The van der Waals surface area contributed by atoms with Gasteiger partial charge in [0.05, 0.1) is 11.0 Å². The van der Waals surface area contributed by atoms with Crippen molar-refractivity contribution in [3.63, 3.8) is 0 Å². The van der Waals surface area contributed by atoms with Crippen molar-refractivity contribution in [2.45, 2.75) is 39.0 Å². The zero-order valence-electron chi connectivity index (χ0n) is 15.2. The van der Waals surface area contributed by atoms with Gasteiger partial charge in [0.1, 0.15) is 5.82 Å². The topological polar surface area (TPSA) is 69.8 Å². The van der Waals surface area contributed by atoms with E-state index in [9.17, 15) is 4.79 Å². The maximum atomic E-state index is 12.0. The lowest BCUT2D eigenvalue weighted by Crippen LogP contribution is -2.29. The van der Waals surface area contributed by atoms with Gasteiger partial charge >= 0.3 is 6.03 Å². The van der Waals surface area contributed by atoms with Crippen molar-refractivity contribution in [1.29, 1.82) is 0 Å². The number of rotatable bonds is 8. The first kappa shape index (κ1) is 18.0. The van der Waals surface area contributed by atoms with E-state index in [0.29, 0.717) is 6.54 Å². The molecule has 136 valence electrons. The van der Waals surface area contributed by atoms with Gasteiger partial charge in [-0.3, -0.25) is 0 Å². The molecule has 5 heteroatoms. The summed E-state index contributed by atoms with van der Waals surface area (Å²) >= 11 is 0. The molecule has 2 aromatic carbocycles. The largest absolute Gasteiger partial charge is 0.342 e. The quantitative estimate of drug-likeness (QED) is 0.517. The van der Waals surface area contributed by atoms with Crippen molar-refractivity contribution in [2.75, 3.05) is 11.9 Å². The molecule has 0 fully saturated rings. The molecule has 1 aromatic heterocycles. The Bertz CT molecular complexity index is 823. The third-order valence-corrected chi connectivity index (χ3v) is 4.38. The van der Waals surface area contributed by atoms with Gasteiger partial charge in [-0.1, -0.05) is 43.7 Å². The van der Waals surface area contributed by atoms with Gasteiger partial charge in [0.15, 0.2) is 0 Å². The number of hydrogen-bond acceptors (Lipinski definition) is 2. The highest BCUT2D eigenvalue weighted by Gasteiger charge is 2.07. The summed E-state index contributed by atoms with van der Waals surface area (Å²) in [4.78, 5) is 20.0. The number of nitrogens with zero attached hydrogens (tertiary/aromatic N) is 1. The number of amides is 2. The second kappa shape index (κ2) is 9.04. The number of nitrogens with one attached hydrogen (secondary N) is 3. The summed E-state index contributed by atoms with van der Waals surface area (Å²) in [6.45, 7) is 2.81. The van der Waals surface area contributed by atoms with Gasteiger partial charge in [0.2, 0.25) is 0 Å². The summed E-state index contributed by atoms with van der Waals surface area (Å²) in [5.41, 5.74) is 4.11. The molecule has 0 aliphatic heterocycles. The number of anilines is 1. The second-order valence-corrected chi connectivity index (χ2v) is 6.45. The molecular weight excluding hydrogens is 324 g/mol. The first-order valence-electron chi connectivity index (χ1n) is 9.32. The number of imidazole rings is 1. The molecule has 0 radical (unpaired) electrons. The van der Waals surface area contributed by atoms with Gasteiger partial charge in [-0.25, -0.2) is 9.78 Å². The second-order valence-electron chi connectivity index (χ2n) is 6.45. The number of carbonyl (C=O) groups excluding carboxylic acids is 1. The molecule has 26 heavy (non-hydrogen) atoms. The number of carbonyl (C=O) groups is 1. The molecule has 0 atom stereocenters. The smallest absolute Gasteiger partial charge is 0.319 e. The highest BCUT2D eigenvalue weighted by atomic mass is 16.2. The lowest BCUT2D eigenvalue weighted by atomic mass is 10.1. The number of fused-ring (bicyclic) bond motifs is 1. The van der Waals surface area contributed by atoms with Crippen LogP contribution in [0.3, 0.4) is 0 Å². The molecule has 0 spiro atoms. The van der Waals surface area contributed by atoms with Crippen LogP contribution in [0.25, 0.3) is 11.0 Å². The Morgan fingerprint density at radius 1 is 1.04 bits per heavy atom. The van der Waals surface area contributed by atoms with E-state index in [-0.39, 0.29) is 6.03 Å².